The van der Waals surface area contributed by atoms with Crippen molar-refractivity contribution in [2.24, 2.45) is 0 Å². The highest BCUT2D eigenvalue weighted by Gasteiger charge is 2.26. The number of nitrogens with zero attached hydrogens (tertiary/aromatic N) is 1. The van der Waals surface area contributed by atoms with E-state index < -0.39 is 78.2 Å². The summed E-state index contributed by atoms with van der Waals surface area (Å²) >= 11 is 0. The molecule has 0 saturated heterocycles. The Hall–Kier alpha value is -3.48. The van der Waals surface area contributed by atoms with Gasteiger partial charge in [0.05, 0.1) is 21.1 Å². The van der Waals surface area contributed by atoms with Gasteiger partial charge < -0.3 is 5.32 Å². The van der Waals surface area contributed by atoms with Gasteiger partial charge in [0.15, 0.2) is 0 Å². The lowest BCUT2D eigenvalue weighted by Crippen LogP contribution is -2.17. The van der Waals surface area contributed by atoms with E-state index in [9.17, 15) is 53.8 Å². The minimum Gasteiger partial charge on any atom is -0.321 e. The molecule has 1 amide bonds. The quantitative estimate of drug-likeness (QED) is 0.202. The Morgan fingerprint density at radius 3 is 1.97 bits per heavy atom. The first-order valence-electron chi connectivity index (χ1n) is 8.59. The van der Waals surface area contributed by atoms with E-state index in [0.29, 0.717) is 18.2 Å². The van der Waals surface area contributed by atoms with E-state index in [2.05, 4.69) is 5.32 Å². The number of nitrogens with one attached hydrogen (secondary N) is 1. The van der Waals surface area contributed by atoms with E-state index in [4.69, 9.17) is 0 Å². The molecule has 17 heteroatoms. The first kappa shape index (κ1) is 25.1. The van der Waals surface area contributed by atoms with Crippen LogP contribution >= 0.6 is 0 Å². The van der Waals surface area contributed by atoms with E-state index >= 15 is 0 Å². The monoisotopic (exact) mass is 532 g/mol. The maximum atomic E-state index is 12.8. The van der Waals surface area contributed by atoms with Crippen LogP contribution in [0.5, 0.6) is 0 Å². The zero-order valence-electron chi connectivity index (χ0n) is 16.3. The predicted molar refractivity (Wildman–Crippen MR) is 114 cm³/mol. The minimum absolute atomic E-state index is 0.167. The van der Waals surface area contributed by atoms with Gasteiger partial charge in [-0.3, -0.25) is 28.6 Å². The van der Waals surface area contributed by atoms with Crippen LogP contribution in [0.2, 0.25) is 0 Å². The molecule has 0 unspecified atom stereocenters. The fourth-order valence-corrected chi connectivity index (χ4v) is 5.03. The molecule has 14 nitrogen and oxygen atoms in total. The second-order valence-electron chi connectivity index (χ2n) is 6.64. The van der Waals surface area contributed by atoms with Crippen LogP contribution in [0.25, 0.3) is 10.8 Å². The van der Waals surface area contributed by atoms with E-state index in [1.165, 1.54) is 6.07 Å². The lowest BCUT2D eigenvalue weighted by atomic mass is 10.1. The highest BCUT2D eigenvalue weighted by Crippen LogP contribution is 2.34. The summed E-state index contributed by atoms with van der Waals surface area (Å²) < 4.78 is 98.7. The fraction of sp³-hybridized carbons (Fsp3) is 0. The fourth-order valence-electron chi connectivity index (χ4n) is 3.04. The van der Waals surface area contributed by atoms with Crippen LogP contribution in [0.1, 0.15) is 10.4 Å². The summed E-state index contributed by atoms with van der Waals surface area (Å²) in [4.78, 5) is 20.1. The average Bonchev–Trinajstić information content (AvgIpc) is 2.70. The van der Waals surface area contributed by atoms with Gasteiger partial charge in [-0.1, -0.05) is 12.1 Å². The Bertz CT molecular complexity index is 1700. The molecule has 3 aromatic rings. The van der Waals surface area contributed by atoms with E-state index in [-0.39, 0.29) is 5.39 Å². The molecule has 0 aromatic heterocycles. The van der Waals surface area contributed by atoms with Gasteiger partial charge in [0, 0.05) is 17.5 Å². The summed E-state index contributed by atoms with van der Waals surface area (Å²) in [5, 5.41) is 12.4. The molecule has 0 radical (unpaired) electrons. The molecule has 0 spiro atoms. The number of anilines is 1. The highest BCUT2D eigenvalue weighted by atomic mass is 32.2. The van der Waals surface area contributed by atoms with Crippen LogP contribution in [0.4, 0.5) is 11.4 Å². The van der Waals surface area contributed by atoms with Gasteiger partial charge in [0.2, 0.25) is 0 Å². The van der Waals surface area contributed by atoms with Crippen molar-refractivity contribution >= 4 is 58.4 Å². The maximum absolute atomic E-state index is 12.8. The number of nitro benzene ring substituents is 1. The number of fused-ring (bicyclic) bond motifs is 1. The Kier molecular flexibility index (Phi) is 6.20. The van der Waals surface area contributed by atoms with Crippen LogP contribution in [0.15, 0.2) is 63.2 Å². The van der Waals surface area contributed by atoms with Crippen molar-refractivity contribution < 1.29 is 48.6 Å². The molecule has 4 N–H and O–H groups in total. The molecule has 0 bridgehead atoms. The van der Waals surface area contributed by atoms with Gasteiger partial charge in [-0.15, -0.1) is 0 Å². The number of carbonyl (C=O) groups excluding carboxylic acids is 1. The van der Waals surface area contributed by atoms with Crippen molar-refractivity contribution in [3.8, 4) is 0 Å². The Morgan fingerprint density at radius 2 is 1.44 bits per heavy atom. The molecule has 0 heterocycles. The number of rotatable bonds is 6. The third-order valence-corrected chi connectivity index (χ3v) is 7.06. The first-order chi connectivity index (χ1) is 15.5. The number of carbonyl (C=O) groups is 1. The summed E-state index contributed by atoms with van der Waals surface area (Å²) in [6.45, 7) is 0. The van der Waals surface area contributed by atoms with Crippen molar-refractivity contribution in [3.63, 3.8) is 0 Å². The smallest absolute Gasteiger partial charge is 0.295 e. The molecule has 34 heavy (non-hydrogen) atoms. The molecule has 0 aliphatic heterocycles. The van der Waals surface area contributed by atoms with Gasteiger partial charge in [0.1, 0.15) is 9.79 Å². The van der Waals surface area contributed by atoms with Crippen LogP contribution in [0, 0.1) is 10.1 Å². The van der Waals surface area contributed by atoms with Gasteiger partial charge in [-0.05, 0) is 29.7 Å². The molecule has 0 saturated carbocycles. The molecule has 3 rings (SSSR count). The topological polar surface area (TPSA) is 235 Å². The Labute approximate surface area is 191 Å². The third kappa shape index (κ3) is 5.03. The highest BCUT2D eigenvalue weighted by molar-refractivity contribution is 7.86. The number of non-ortho nitro benzene ring substituents is 1. The molecule has 0 aliphatic rings. The van der Waals surface area contributed by atoms with E-state index in [0.717, 1.165) is 24.3 Å². The zero-order valence-corrected chi connectivity index (χ0v) is 18.8. The molecular weight excluding hydrogens is 520 g/mol. The zero-order chi connectivity index (χ0) is 25.6. The van der Waals surface area contributed by atoms with Crippen molar-refractivity contribution in [1.82, 2.24) is 0 Å². The first-order valence-corrected chi connectivity index (χ1v) is 12.9. The third-order valence-electron chi connectivity index (χ3n) is 4.43. The van der Waals surface area contributed by atoms with Crippen LogP contribution in [-0.2, 0) is 30.4 Å². The lowest BCUT2D eigenvalue weighted by molar-refractivity contribution is -0.385. The van der Waals surface area contributed by atoms with Crippen LogP contribution in [-0.4, -0.2) is 49.7 Å². The summed E-state index contributed by atoms with van der Waals surface area (Å²) in [7, 11) is -15.0. The second-order valence-corrected chi connectivity index (χ2v) is 10.8. The number of hydrogen-bond donors (Lipinski definition) is 4. The molecule has 0 aliphatic carbocycles. The maximum Gasteiger partial charge on any atom is 0.295 e. The van der Waals surface area contributed by atoms with E-state index in [1.54, 1.807) is 0 Å². The van der Waals surface area contributed by atoms with Crippen molar-refractivity contribution in [1.29, 1.82) is 0 Å². The normalized spacial score (nSPS) is 12.4. The molecular formula is C17H12N2O12S3. The Balaban J connectivity index is 2.30. The minimum atomic E-state index is -5.17. The van der Waals surface area contributed by atoms with Crippen molar-refractivity contribution in [3.05, 3.63) is 64.2 Å². The molecule has 0 fully saturated rings. The van der Waals surface area contributed by atoms with Crippen LogP contribution < -0.4 is 5.32 Å². The van der Waals surface area contributed by atoms with Crippen molar-refractivity contribution in [2.45, 2.75) is 14.7 Å². The Morgan fingerprint density at radius 1 is 0.824 bits per heavy atom. The largest absolute Gasteiger partial charge is 0.321 e. The average molecular weight is 532 g/mol. The SMILES string of the molecule is O=C(Nc1cc(S(=O)(=O)O)cc2cccc(S(=O)(=O)O)c12)c1ccc([N+](=O)[O-])cc1S(=O)(=O)O. The number of amides is 1. The molecule has 180 valence electrons. The van der Waals surface area contributed by atoms with Gasteiger partial charge >= 0.3 is 0 Å². The summed E-state index contributed by atoms with van der Waals surface area (Å²) in [6.07, 6.45) is 0. The number of benzene rings is 3. The predicted octanol–water partition coefficient (Wildman–Crippen LogP) is 1.74. The number of hydrogen-bond acceptors (Lipinski definition) is 9. The summed E-state index contributed by atoms with van der Waals surface area (Å²) in [5.41, 5.74) is -2.19. The molecule has 0 atom stereocenters. The van der Waals surface area contributed by atoms with Crippen LogP contribution in [0.3, 0.4) is 0 Å². The van der Waals surface area contributed by atoms with Gasteiger partial charge in [-0.2, -0.15) is 25.3 Å². The lowest BCUT2D eigenvalue weighted by Gasteiger charge is -2.14. The summed E-state index contributed by atoms with van der Waals surface area (Å²) in [6, 6.07) is 6.60. The standard InChI is InChI=1S/C17H12N2O12S3/c20-17(12-5-4-10(19(21)22)7-15(12)34(29,30)31)18-13-8-11(32(23,24)25)6-9-2-1-3-14(16(9)13)33(26,27)28/h1-8H,(H,18,20)(H,23,24,25)(H,26,27,28)(H,29,30,31). The number of nitro groups is 1. The molecule has 3 aromatic carbocycles. The van der Waals surface area contributed by atoms with E-state index in [1.807, 2.05) is 0 Å². The summed E-state index contributed by atoms with van der Waals surface area (Å²) in [5.74, 6) is -1.36. The van der Waals surface area contributed by atoms with Crippen molar-refractivity contribution in [2.75, 3.05) is 5.32 Å². The van der Waals surface area contributed by atoms with Gasteiger partial charge in [0.25, 0.3) is 41.9 Å². The second kappa shape index (κ2) is 8.38. The van der Waals surface area contributed by atoms with Gasteiger partial charge in [-0.25, -0.2) is 0 Å².